The number of nitrogens with zero attached hydrogens (tertiary/aromatic N) is 1. The molecule has 70 valence electrons. The van der Waals surface area contributed by atoms with Crippen molar-refractivity contribution in [3.63, 3.8) is 0 Å². The highest BCUT2D eigenvalue weighted by Crippen LogP contribution is 2.52. The Kier molecular flexibility index (Phi) is 1.93. The highest BCUT2D eigenvalue weighted by Gasteiger charge is 2.60. The standard InChI is InChI=1S/C10H18N.ClH/c1-4-10-5-2-8-11(10,7-1)9-3-6-10;/h1-9H2;1H/q+1;/p-1. The van der Waals surface area contributed by atoms with Gasteiger partial charge in [-0.25, -0.2) is 0 Å². The molecule has 0 N–H and O–H groups in total. The highest BCUT2D eigenvalue weighted by molar-refractivity contribution is 4.94. The molecule has 0 spiro atoms. The van der Waals surface area contributed by atoms with Crippen LogP contribution in [-0.4, -0.2) is 29.7 Å². The van der Waals surface area contributed by atoms with Crippen molar-refractivity contribution in [3.05, 3.63) is 0 Å². The minimum atomic E-state index is 0. The molecule has 3 rings (SSSR count). The lowest BCUT2D eigenvalue weighted by atomic mass is 9.91. The Labute approximate surface area is 81.1 Å². The molecular weight excluding hydrogens is 170 g/mol. The second-order valence-corrected chi connectivity index (χ2v) is 4.85. The lowest BCUT2D eigenvalue weighted by molar-refractivity contribution is -0.938. The molecule has 3 saturated heterocycles. The Morgan fingerprint density at radius 2 is 1.17 bits per heavy atom. The Balaban J connectivity index is 0.000000563. The highest BCUT2D eigenvalue weighted by atomic mass is 35.5. The Morgan fingerprint density at radius 1 is 0.750 bits per heavy atom. The van der Waals surface area contributed by atoms with Crippen molar-refractivity contribution in [3.8, 4) is 0 Å². The number of rotatable bonds is 0. The molecule has 0 amide bonds. The zero-order valence-corrected chi connectivity index (χ0v) is 8.45. The summed E-state index contributed by atoms with van der Waals surface area (Å²) in [5.74, 6) is 0. The first-order chi connectivity index (χ1) is 5.37. The summed E-state index contributed by atoms with van der Waals surface area (Å²) in [6.07, 6.45) is 9.27. The van der Waals surface area contributed by atoms with E-state index in [1.54, 1.807) is 23.7 Å². The molecular formula is C10H18ClN. The molecule has 3 aliphatic rings. The molecule has 0 aromatic heterocycles. The summed E-state index contributed by atoms with van der Waals surface area (Å²) in [5, 5.41) is 0. The van der Waals surface area contributed by atoms with Crippen LogP contribution in [0.2, 0.25) is 0 Å². The molecule has 3 heterocycles. The fourth-order valence-corrected chi connectivity index (χ4v) is 4.27. The fourth-order valence-electron chi connectivity index (χ4n) is 4.27. The van der Waals surface area contributed by atoms with E-state index >= 15 is 0 Å². The van der Waals surface area contributed by atoms with E-state index < -0.39 is 0 Å². The molecule has 0 unspecified atom stereocenters. The topological polar surface area (TPSA) is 0 Å². The number of hydrogen-bond donors (Lipinski definition) is 0. The van der Waals surface area contributed by atoms with Crippen LogP contribution in [0.4, 0.5) is 0 Å². The first-order valence-electron chi connectivity index (χ1n) is 5.23. The van der Waals surface area contributed by atoms with Gasteiger partial charge < -0.3 is 16.9 Å². The molecule has 3 fully saturated rings. The maximum Gasteiger partial charge on any atom is 0.0999 e. The first-order valence-corrected chi connectivity index (χ1v) is 5.23. The maximum absolute atomic E-state index is 1.56. The van der Waals surface area contributed by atoms with E-state index in [-0.39, 0.29) is 12.4 Å². The summed E-state index contributed by atoms with van der Waals surface area (Å²) < 4.78 is 1.56. The normalized spacial score (nSPS) is 50.0. The predicted molar refractivity (Wildman–Crippen MR) is 45.3 cm³/mol. The van der Waals surface area contributed by atoms with Crippen LogP contribution >= 0.6 is 0 Å². The molecule has 3 aliphatic heterocycles. The van der Waals surface area contributed by atoms with Crippen molar-refractivity contribution in [2.45, 2.75) is 44.1 Å². The zero-order valence-electron chi connectivity index (χ0n) is 7.69. The van der Waals surface area contributed by atoms with Crippen LogP contribution in [0.1, 0.15) is 38.5 Å². The maximum atomic E-state index is 1.56. The molecule has 0 atom stereocenters. The number of hydrogen-bond acceptors (Lipinski definition) is 0. The summed E-state index contributed by atoms with van der Waals surface area (Å²) in [5.41, 5.74) is 0.833. The monoisotopic (exact) mass is 187 g/mol. The van der Waals surface area contributed by atoms with Gasteiger partial charge in [-0.1, -0.05) is 0 Å². The number of quaternary nitrogens is 1. The molecule has 2 heteroatoms. The second kappa shape index (κ2) is 2.62. The molecule has 0 radical (unpaired) electrons. The van der Waals surface area contributed by atoms with Crippen molar-refractivity contribution in [1.29, 1.82) is 0 Å². The Bertz CT molecular complexity index is 143. The molecule has 0 saturated carbocycles. The van der Waals surface area contributed by atoms with Gasteiger partial charge in [-0.05, 0) is 0 Å². The third-order valence-corrected chi connectivity index (χ3v) is 4.69. The second-order valence-electron chi connectivity index (χ2n) is 4.85. The summed E-state index contributed by atoms with van der Waals surface area (Å²) in [4.78, 5) is 0. The first kappa shape index (κ1) is 8.83. The summed E-state index contributed by atoms with van der Waals surface area (Å²) in [6, 6.07) is 0. The minimum absolute atomic E-state index is 0. The summed E-state index contributed by atoms with van der Waals surface area (Å²) >= 11 is 0. The van der Waals surface area contributed by atoms with Crippen LogP contribution < -0.4 is 12.4 Å². The van der Waals surface area contributed by atoms with Crippen LogP contribution in [0.25, 0.3) is 0 Å². The van der Waals surface area contributed by atoms with Crippen LogP contribution in [0.5, 0.6) is 0 Å². The van der Waals surface area contributed by atoms with Crippen molar-refractivity contribution >= 4 is 0 Å². The van der Waals surface area contributed by atoms with E-state index in [1.165, 1.54) is 38.9 Å². The van der Waals surface area contributed by atoms with Gasteiger partial charge in [-0.15, -0.1) is 0 Å². The van der Waals surface area contributed by atoms with Crippen LogP contribution in [0, 0.1) is 0 Å². The third kappa shape index (κ3) is 0.793. The molecule has 12 heavy (non-hydrogen) atoms. The lowest BCUT2D eigenvalue weighted by Crippen LogP contribution is -3.00. The SMILES string of the molecule is C1CC23CCC[N+]2(C1)CCC3.[Cl-]. The van der Waals surface area contributed by atoms with Gasteiger partial charge in [0.15, 0.2) is 0 Å². The third-order valence-electron chi connectivity index (χ3n) is 4.69. The van der Waals surface area contributed by atoms with Gasteiger partial charge >= 0.3 is 0 Å². The van der Waals surface area contributed by atoms with E-state index in [9.17, 15) is 0 Å². The molecule has 0 aromatic rings. The van der Waals surface area contributed by atoms with E-state index in [4.69, 9.17) is 0 Å². The molecule has 0 bridgehead atoms. The summed E-state index contributed by atoms with van der Waals surface area (Å²) in [6.45, 7) is 4.58. The lowest BCUT2D eigenvalue weighted by Gasteiger charge is -2.37. The van der Waals surface area contributed by atoms with Gasteiger partial charge in [0.2, 0.25) is 0 Å². The van der Waals surface area contributed by atoms with Gasteiger partial charge in [0, 0.05) is 38.5 Å². The smallest absolute Gasteiger partial charge is 0.0999 e. The van der Waals surface area contributed by atoms with Crippen molar-refractivity contribution in [2.24, 2.45) is 0 Å². The quantitative estimate of drug-likeness (QED) is 0.424. The Hall–Kier alpha value is 0.250. The van der Waals surface area contributed by atoms with E-state index in [2.05, 4.69) is 0 Å². The van der Waals surface area contributed by atoms with Gasteiger partial charge in [-0.3, -0.25) is 0 Å². The van der Waals surface area contributed by atoms with E-state index in [0.717, 1.165) is 5.54 Å². The van der Waals surface area contributed by atoms with E-state index in [0.29, 0.717) is 0 Å². The van der Waals surface area contributed by atoms with Crippen molar-refractivity contribution in [2.75, 3.05) is 19.6 Å². The van der Waals surface area contributed by atoms with Crippen molar-refractivity contribution < 1.29 is 16.9 Å². The van der Waals surface area contributed by atoms with Crippen LogP contribution in [0.3, 0.4) is 0 Å². The average molecular weight is 188 g/mol. The molecule has 1 nitrogen and oxygen atoms in total. The minimum Gasteiger partial charge on any atom is -1.00 e. The molecule has 0 aliphatic carbocycles. The van der Waals surface area contributed by atoms with Gasteiger partial charge in [-0.2, -0.15) is 0 Å². The zero-order chi connectivity index (χ0) is 7.36. The summed E-state index contributed by atoms with van der Waals surface area (Å²) in [7, 11) is 0. The van der Waals surface area contributed by atoms with Gasteiger partial charge in [0.1, 0.15) is 0 Å². The van der Waals surface area contributed by atoms with Gasteiger partial charge in [0.25, 0.3) is 0 Å². The molecule has 0 aromatic carbocycles. The van der Waals surface area contributed by atoms with Crippen molar-refractivity contribution in [1.82, 2.24) is 0 Å². The number of halogens is 1. The predicted octanol–water partition coefficient (Wildman–Crippen LogP) is -1.07. The average Bonchev–Trinajstić information content (AvgIpc) is 2.40. The van der Waals surface area contributed by atoms with E-state index in [1.807, 2.05) is 0 Å². The Morgan fingerprint density at radius 3 is 1.50 bits per heavy atom. The van der Waals surface area contributed by atoms with Crippen LogP contribution in [0.15, 0.2) is 0 Å². The fraction of sp³-hybridized carbons (Fsp3) is 1.00. The van der Waals surface area contributed by atoms with Gasteiger partial charge in [0.05, 0.1) is 25.2 Å². The largest absolute Gasteiger partial charge is 1.00 e. The van der Waals surface area contributed by atoms with Crippen LogP contribution in [-0.2, 0) is 0 Å².